The van der Waals surface area contributed by atoms with Gasteiger partial charge in [-0.05, 0) is 49.6 Å². The number of methoxy groups -OCH3 is 1. The molecular formula is C15H20N2O. The van der Waals surface area contributed by atoms with E-state index < -0.39 is 0 Å². The third-order valence-corrected chi connectivity index (χ3v) is 3.91. The van der Waals surface area contributed by atoms with Crippen LogP contribution in [-0.4, -0.2) is 24.3 Å². The first-order valence-electron chi connectivity index (χ1n) is 6.63. The summed E-state index contributed by atoms with van der Waals surface area (Å²) in [5.74, 6) is 0.939. The van der Waals surface area contributed by atoms with Crippen molar-refractivity contribution in [2.75, 3.05) is 13.7 Å². The summed E-state index contributed by atoms with van der Waals surface area (Å²) in [5, 5.41) is 4.89. The molecular weight excluding hydrogens is 224 g/mol. The van der Waals surface area contributed by atoms with Crippen LogP contribution in [0, 0.1) is 0 Å². The van der Waals surface area contributed by atoms with Crippen LogP contribution in [-0.2, 0) is 13.5 Å². The van der Waals surface area contributed by atoms with E-state index in [1.807, 2.05) is 6.07 Å². The summed E-state index contributed by atoms with van der Waals surface area (Å²) in [4.78, 5) is 0. The summed E-state index contributed by atoms with van der Waals surface area (Å²) < 4.78 is 7.54. The van der Waals surface area contributed by atoms with Crippen molar-refractivity contribution in [3.05, 3.63) is 30.0 Å². The Morgan fingerprint density at radius 3 is 3.06 bits per heavy atom. The number of ether oxygens (including phenoxy) is 1. The standard InChI is InChI=1S/C15H20N2O/c1-17-10-11(8-12-4-3-7-16-12)14-9-13(18-2)5-6-15(14)17/h5-6,9-10,12,16H,3-4,7-8H2,1-2H3. The lowest BCUT2D eigenvalue weighted by atomic mass is 10.0. The van der Waals surface area contributed by atoms with E-state index in [0.29, 0.717) is 6.04 Å². The van der Waals surface area contributed by atoms with Gasteiger partial charge in [-0.25, -0.2) is 0 Å². The van der Waals surface area contributed by atoms with Crippen molar-refractivity contribution in [1.29, 1.82) is 0 Å². The molecule has 3 nitrogen and oxygen atoms in total. The number of aryl methyl sites for hydroxylation is 1. The van der Waals surface area contributed by atoms with Gasteiger partial charge in [-0.15, -0.1) is 0 Å². The van der Waals surface area contributed by atoms with E-state index in [0.717, 1.165) is 12.2 Å². The van der Waals surface area contributed by atoms with Crippen LogP contribution in [0.4, 0.5) is 0 Å². The summed E-state index contributed by atoms with van der Waals surface area (Å²) in [6.07, 6.45) is 5.97. The molecule has 0 amide bonds. The average Bonchev–Trinajstić information content (AvgIpc) is 2.99. The molecule has 18 heavy (non-hydrogen) atoms. The maximum absolute atomic E-state index is 5.33. The predicted octanol–water partition coefficient (Wildman–Crippen LogP) is 2.48. The Bertz CT molecular complexity index is 553. The van der Waals surface area contributed by atoms with Gasteiger partial charge in [-0.2, -0.15) is 0 Å². The van der Waals surface area contributed by atoms with Gasteiger partial charge >= 0.3 is 0 Å². The zero-order valence-corrected chi connectivity index (χ0v) is 11.1. The molecule has 0 saturated carbocycles. The number of hydrogen-bond acceptors (Lipinski definition) is 2. The highest BCUT2D eigenvalue weighted by Crippen LogP contribution is 2.27. The average molecular weight is 244 g/mol. The predicted molar refractivity (Wildman–Crippen MR) is 74.2 cm³/mol. The molecule has 2 heterocycles. The Hall–Kier alpha value is -1.48. The smallest absolute Gasteiger partial charge is 0.119 e. The van der Waals surface area contributed by atoms with Crippen molar-refractivity contribution in [2.24, 2.45) is 7.05 Å². The minimum atomic E-state index is 0.641. The summed E-state index contributed by atoms with van der Waals surface area (Å²) >= 11 is 0. The molecule has 1 aromatic heterocycles. The zero-order chi connectivity index (χ0) is 12.5. The SMILES string of the molecule is COc1ccc2c(c1)c(CC1CCCN1)cn2C. The van der Waals surface area contributed by atoms with E-state index in [9.17, 15) is 0 Å². The van der Waals surface area contributed by atoms with Crippen LogP contribution < -0.4 is 10.1 Å². The van der Waals surface area contributed by atoms with Crippen LogP contribution in [0.15, 0.2) is 24.4 Å². The Balaban J connectivity index is 1.99. The summed E-state index contributed by atoms with van der Waals surface area (Å²) in [5.41, 5.74) is 2.70. The molecule has 1 N–H and O–H groups in total. The first kappa shape index (κ1) is 11.6. The summed E-state index contributed by atoms with van der Waals surface area (Å²) in [6.45, 7) is 1.17. The van der Waals surface area contributed by atoms with Crippen LogP contribution in [0.5, 0.6) is 5.75 Å². The van der Waals surface area contributed by atoms with Gasteiger partial charge in [-0.1, -0.05) is 0 Å². The number of nitrogens with zero attached hydrogens (tertiary/aromatic N) is 1. The van der Waals surface area contributed by atoms with Gasteiger partial charge in [0.25, 0.3) is 0 Å². The highest BCUT2D eigenvalue weighted by atomic mass is 16.5. The van der Waals surface area contributed by atoms with Crippen molar-refractivity contribution in [2.45, 2.75) is 25.3 Å². The van der Waals surface area contributed by atoms with Crippen molar-refractivity contribution >= 4 is 10.9 Å². The van der Waals surface area contributed by atoms with E-state index in [1.165, 1.54) is 35.9 Å². The molecule has 1 aromatic carbocycles. The molecule has 0 radical (unpaired) electrons. The normalized spacial score (nSPS) is 19.6. The van der Waals surface area contributed by atoms with Gasteiger partial charge < -0.3 is 14.6 Å². The molecule has 1 unspecified atom stereocenters. The van der Waals surface area contributed by atoms with Crippen molar-refractivity contribution in [3.63, 3.8) is 0 Å². The molecule has 0 aliphatic carbocycles. The fraction of sp³-hybridized carbons (Fsp3) is 0.467. The number of rotatable bonds is 3. The lowest BCUT2D eigenvalue weighted by Gasteiger charge is -2.09. The molecule has 1 aliphatic rings. The first-order valence-corrected chi connectivity index (χ1v) is 6.63. The minimum Gasteiger partial charge on any atom is -0.497 e. The van der Waals surface area contributed by atoms with Crippen molar-refractivity contribution < 1.29 is 4.74 Å². The van der Waals surface area contributed by atoms with E-state index in [1.54, 1.807) is 7.11 Å². The number of nitrogens with one attached hydrogen (secondary N) is 1. The first-order chi connectivity index (χ1) is 8.78. The van der Waals surface area contributed by atoms with Crippen LogP contribution in [0.3, 0.4) is 0 Å². The van der Waals surface area contributed by atoms with Crippen LogP contribution in [0.2, 0.25) is 0 Å². The van der Waals surface area contributed by atoms with Gasteiger partial charge in [-0.3, -0.25) is 0 Å². The highest BCUT2D eigenvalue weighted by molar-refractivity contribution is 5.85. The molecule has 0 bridgehead atoms. The molecule has 2 aromatic rings. The lowest BCUT2D eigenvalue weighted by molar-refractivity contribution is 0.415. The second-order valence-electron chi connectivity index (χ2n) is 5.15. The van der Waals surface area contributed by atoms with Crippen molar-refractivity contribution in [3.8, 4) is 5.75 Å². The molecule has 1 fully saturated rings. The van der Waals surface area contributed by atoms with E-state index in [2.05, 4.69) is 35.3 Å². The molecule has 1 atom stereocenters. The molecule has 1 aliphatic heterocycles. The zero-order valence-electron chi connectivity index (χ0n) is 11.1. The molecule has 96 valence electrons. The maximum Gasteiger partial charge on any atom is 0.119 e. The van der Waals surface area contributed by atoms with Gasteiger partial charge in [0, 0.05) is 30.2 Å². The summed E-state index contributed by atoms with van der Waals surface area (Å²) in [6, 6.07) is 6.96. The van der Waals surface area contributed by atoms with Crippen molar-refractivity contribution in [1.82, 2.24) is 9.88 Å². The second-order valence-corrected chi connectivity index (χ2v) is 5.15. The molecule has 1 saturated heterocycles. The van der Waals surface area contributed by atoms with Crippen LogP contribution >= 0.6 is 0 Å². The Labute approximate surface area is 108 Å². The third-order valence-electron chi connectivity index (χ3n) is 3.91. The fourth-order valence-electron chi connectivity index (χ4n) is 2.94. The van der Waals surface area contributed by atoms with Crippen LogP contribution in [0.25, 0.3) is 10.9 Å². The van der Waals surface area contributed by atoms with Gasteiger partial charge in [0.1, 0.15) is 5.75 Å². The highest BCUT2D eigenvalue weighted by Gasteiger charge is 2.17. The molecule has 0 spiro atoms. The number of hydrogen-bond donors (Lipinski definition) is 1. The van der Waals surface area contributed by atoms with E-state index >= 15 is 0 Å². The Morgan fingerprint density at radius 1 is 1.44 bits per heavy atom. The minimum absolute atomic E-state index is 0.641. The van der Waals surface area contributed by atoms with Crippen LogP contribution in [0.1, 0.15) is 18.4 Å². The quantitative estimate of drug-likeness (QED) is 0.897. The largest absolute Gasteiger partial charge is 0.497 e. The van der Waals surface area contributed by atoms with Gasteiger partial charge in [0.15, 0.2) is 0 Å². The Kier molecular flexibility index (Phi) is 3.00. The van der Waals surface area contributed by atoms with Gasteiger partial charge in [0.05, 0.1) is 7.11 Å². The van der Waals surface area contributed by atoms with E-state index in [-0.39, 0.29) is 0 Å². The molecule has 3 heteroatoms. The second kappa shape index (κ2) is 4.65. The fourth-order valence-corrected chi connectivity index (χ4v) is 2.94. The summed E-state index contributed by atoms with van der Waals surface area (Å²) in [7, 11) is 3.84. The third kappa shape index (κ3) is 1.99. The molecule has 3 rings (SSSR count). The Morgan fingerprint density at radius 2 is 2.33 bits per heavy atom. The maximum atomic E-state index is 5.33. The van der Waals surface area contributed by atoms with E-state index in [4.69, 9.17) is 4.74 Å². The van der Waals surface area contributed by atoms with Gasteiger partial charge in [0.2, 0.25) is 0 Å². The topological polar surface area (TPSA) is 26.2 Å². The number of aromatic nitrogens is 1. The monoisotopic (exact) mass is 244 g/mol. The number of benzene rings is 1. The number of fused-ring (bicyclic) bond motifs is 1. The lowest BCUT2D eigenvalue weighted by Crippen LogP contribution is -2.23.